The summed E-state index contributed by atoms with van der Waals surface area (Å²) in [5, 5.41) is 36.6. The second kappa shape index (κ2) is 9.51. The number of benzene rings is 2. The Labute approximate surface area is 153 Å². The fourth-order valence-electron chi connectivity index (χ4n) is 2.56. The van der Waals surface area contributed by atoms with Crippen LogP contribution >= 0.6 is 0 Å². The summed E-state index contributed by atoms with van der Waals surface area (Å²) in [4.78, 5) is 0. The fraction of sp³-hybridized carbons (Fsp3) is 0.368. The van der Waals surface area contributed by atoms with E-state index in [1.54, 1.807) is 55.5 Å². The monoisotopic (exact) mass is 360 g/mol. The average Bonchev–Trinajstić information content (AvgIpc) is 2.62. The number of nitrogen functional groups attached to an aromatic ring is 2. The standard InChI is InChI=1S/C19H28N4O3/c1-12(24)19(22-10-17(25)13-2-6-15(20)7-3-13)23-11-18(26)14-4-8-16(21)9-5-14/h2-9,12,17-19,22-26H,10-11,20-21H2,1H3. The third-order valence-corrected chi connectivity index (χ3v) is 4.19. The summed E-state index contributed by atoms with van der Waals surface area (Å²) in [6.45, 7) is 2.12. The number of rotatable bonds is 9. The molecule has 0 saturated heterocycles. The van der Waals surface area contributed by atoms with Gasteiger partial charge in [-0.25, -0.2) is 0 Å². The average molecular weight is 360 g/mol. The molecule has 0 amide bonds. The first-order valence-electron chi connectivity index (χ1n) is 8.58. The first-order valence-corrected chi connectivity index (χ1v) is 8.58. The van der Waals surface area contributed by atoms with Crippen LogP contribution in [0.2, 0.25) is 0 Å². The topological polar surface area (TPSA) is 137 Å². The zero-order chi connectivity index (χ0) is 19.1. The molecule has 7 heteroatoms. The Hall–Kier alpha value is -2.16. The predicted octanol–water partition coefficient (Wildman–Crippen LogP) is 0.504. The van der Waals surface area contributed by atoms with E-state index in [0.717, 1.165) is 11.1 Å². The summed E-state index contributed by atoms with van der Waals surface area (Å²) in [6.07, 6.45) is -2.67. The Morgan fingerprint density at radius 2 is 1.08 bits per heavy atom. The van der Waals surface area contributed by atoms with Gasteiger partial charge in [-0.1, -0.05) is 24.3 Å². The van der Waals surface area contributed by atoms with Crippen LogP contribution in [0.5, 0.6) is 0 Å². The lowest BCUT2D eigenvalue weighted by Crippen LogP contribution is -2.51. The smallest absolute Gasteiger partial charge is 0.0914 e. The number of nitrogens with one attached hydrogen (secondary N) is 2. The van der Waals surface area contributed by atoms with Crippen molar-refractivity contribution in [3.63, 3.8) is 0 Å². The minimum Gasteiger partial charge on any atom is -0.399 e. The highest BCUT2D eigenvalue weighted by Gasteiger charge is 2.18. The number of hydrogen-bond donors (Lipinski definition) is 7. The molecule has 2 aromatic carbocycles. The van der Waals surface area contributed by atoms with Gasteiger partial charge in [-0.15, -0.1) is 0 Å². The molecule has 2 rings (SSSR count). The van der Waals surface area contributed by atoms with Crippen LogP contribution in [0.3, 0.4) is 0 Å². The SMILES string of the molecule is CC(O)C(NCC(O)c1ccc(N)cc1)NCC(O)c1ccc(N)cc1. The van der Waals surface area contributed by atoms with E-state index >= 15 is 0 Å². The third kappa shape index (κ3) is 5.98. The van der Waals surface area contributed by atoms with E-state index in [2.05, 4.69) is 10.6 Å². The summed E-state index contributed by atoms with van der Waals surface area (Å²) in [5.74, 6) is 0. The molecule has 0 aromatic heterocycles. The lowest BCUT2D eigenvalue weighted by atomic mass is 10.1. The molecule has 3 unspecified atom stereocenters. The molecule has 3 atom stereocenters. The molecule has 9 N–H and O–H groups in total. The van der Waals surface area contributed by atoms with Crippen LogP contribution in [0.1, 0.15) is 30.3 Å². The van der Waals surface area contributed by atoms with Crippen LogP contribution in [0.4, 0.5) is 11.4 Å². The molecule has 142 valence electrons. The van der Waals surface area contributed by atoms with Crippen molar-refractivity contribution in [2.45, 2.75) is 31.4 Å². The minimum atomic E-state index is -0.735. The Balaban J connectivity index is 1.86. The molecular formula is C19H28N4O3. The first kappa shape index (κ1) is 20.2. The van der Waals surface area contributed by atoms with Gasteiger partial charge in [0.05, 0.1) is 24.5 Å². The van der Waals surface area contributed by atoms with Gasteiger partial charge in [0.25, 0.3) is 0 Å². The van der Waals surface area contributed by atoms with Gasteiger partial charge in [0, 0.05) is 24.5 Å². The largest absolute Gasteiger partial charge is 0.399 e. The third-order valence-electron chi connectivity index (χ3n) is 4.19. The van der Waals surface area contributed by atoms with Crippen molar-refractivity contribution in [2.24, 2.45) is 0 Å². The summed E-state index contributed by atoms with van der Waals surface area (Å²) >= 11 is 0. The summed E-state index contributed by atoms with van der Waals surface area (Å²) < 4.78 is 0. The number of hydrogen-bond acceptors (Lipinski definition) is 7. The van der Waals surface area contributed by atoms with E-state index in [-0.39, 0.29) is 13.1 Å². The van der Waals surface area contributed by atoms with Crippen molar-refractivity contribution >= 4 is 11.4 Å². The van der Waals surface area contributed by atoms with Gasteiger partial charge in [0.15, 0.2) is 0 Å². The minimum absolute atomic E-state index is 0.241. The number of aliphatic hydroxyl groups excluding tert-OH is 3. The van der Waals surface area contributed by atoms with Crippen molar-refractivity contribution in [3.8, 4) is 0 Å². The second-order valence-electron chi connectivity index (χ2n) is 6.40. The Bertz CT molecular complexity index is 606. The second-order valence-corrected chi connectivity index (χ2v) is 6.40. The molecule has 2 aromatic rings. The van der Waals surface area contributed by atoms with E-state index in [1.807, 2.05) is 0 Å². The lowest BCUT2D eigenvalue weighted by molar-refractivity contribution is 0.0938. The first-order chi connectivity index (χ1) is 12.4. The van der Waals surface area contributed by atoms with Crippen LogP contribution in [-0.2, 0) is 0 Å². The Morgan fingerprint density at radius 3 is 1.38 bits per heavy atom. The molecular weight excluding hydrogens is 332 g/mol. The Kier molecular flexibility index (Phi) is 7.38. The maximum absolute atomic E-state index is 10.2. The molecule has 0 radical (unpaired) electrons. The van der Waals surface area contributed by atoms with Gasteiger partial charge < -0.3 is 26.8 Å². The molecule has 0 spiro atoms. The highest BCUT2D eigenvalue weighted by Crippen LogP contribution is 2.15. The number of aliphatic hydroxyl groups is 3. The van der Waals surface area contributed by atoms with Gasteiger partial charge >= 0.3 is 0 Å². The lowest BCUT2D eigenvalue weighted by Gasteiger charge is -2.26. The fourth-order valence-corrected chi connectivity index (χ4v) is 2.56. The van der Waals surface area contributed by atoms with Gasteiger partial charge in [0.1, 0.15) is 0 Å². The van der Waals surface area contributed by atoms with Crippen LogP contribution in [-0.4, -0.2) is 40.7 Å². The zero-order valence-electron chi connectivity index (χ0n) is 14.8. The predicted molar refractivity (Wildman–Crippen MR) is 103 cm³/mol. The van der Waals surface area contributed by atoms with Gasteiger partial charge in [-0.3, -0.25) is 10.6 Å². The van der Waals surface area contributed by atoms with Crippen molar-refractivity contribution < 1.29 is 15.3 Å². The van der Waals surface area contributed by atoms with E-state index < -0.39 is 24.5 Å². The Morgan fingerprint density at radius 1 is 0.731 bits per heavy atom. The molecule has 7 nitrogen and oxygen atoms in total. The zero-order valence-corrected chi connectivity index (χ0v) is 14.8. The van der Waals surface area contributed by atoms with Crippen LogP contribution in [0.15, 0.2) is 48.5 Å². The molecule has 0 aliphatic heterocycles. The summed E-state index contributed by atoms with van der Waals surface area (Å²) in [5.41, 5.74) is 14.0. The maximum atomic E-state index is 10.2. The molecule has 0 saturated carbocycles. The molecule has 0 aliphatic carbocycles. The molecule has 0 aliphatic rings. The van der Waals surface area contributed by atoms with E-state index in [1.165, 1.54) is 0 Å². The number of nitrogens with two attached hydrogens (primary N) is 2. The molecule has 0 fully saturated rings. The van der Waals surface area contributed by atoms with Crippen molar-refractivity contribution in [2.75, 3.05) is 24.6 Å². The van der Waals surface area contributed by atoms with Gasteiger partial charge in [-0.05, 0) is 42.3 Å². The van der Waals surface area contributed by atoms with Crippen molar-refractivity contribution in [1.82, 2.24) is 10.6 Å². The van der Waals surface area contributed by atoms with E-state index in [4.69, 9.17) is 11.5 Å². The van der Waals surface area contributed by atoms with Crippen LogP contribution in [0.25, 0.3) is 0 Å². The normalized spacial score (nSPS) is 16.0. The van der Waals surface area contributed by atoms with Crippen molar-refractivity contribution in [1.29, 1.82) is 0 Å². The van der Waals surface area contributed by atoms with Crippen LogP contribution in [0, 0.1) is 0 Å². The maximum Gasteiger partial charge on any atom is 0.0914 e. The van der Waals surface area contributed by atoms with Crippen LogP contribution < -0.4 is 22.1 Å². The van der Waals surface area contributed by atoms with E-state index in [9.17, 15) is 15.3 Å². The molecule has 0 bridgehead atoms. The molecule has 26 heavy (non-hydrogen) atoms. The van der Waals surface area contributed by atoms with Crippen molar-refractivity contribution in [3.05, 3.63) is 59.7 Å². The summed E-state index contributed by atoms with van der Waals surface area (Å²) in [6, 6.07) is 14.0. The van der Waals surface area contributed by atoms with E-state index in [0.29, 0.717) is 11.4 Å². The summed E-state index contributed by atoms with van der Waals surface area (Å²) in [7, 11) is 0. The highest BCUT2D eigenvalue weighted by molar-refractivity contribution is 5.40. The number of anilines is 2. The molecule has 0 heterocycles. The van der Waals surface area contributed by atoms with Gasteiger partial charge in [0.2, 0.25) is 0 Å². The quantitative estimate of drug-likeness (QED) is 0.255. The highest BCUT2D eigenvalue weighted by atomic mass is 16.3. The van der Waals surface area contributed by atoms with Gasteiger partial charge in [-0.2, -0.15) is 0 Å².